The zero-order valence-electron chi connectivity index (χ0n) is 21.1. The molecule has 2 N–H and O–H groups in total. The zero-order chi connectivity index (χ0) is 30.7. The molecule has 1 atom stereocenters. The van der Waals surface area contributed by atoms with Gasteiger partial charge in [0.15, 0.2) is 0 Å². The minimum Gasteiger partial charge on any atom is -0.378 e. The number of aromatic nitrogens is 5. The smallest absolute Gasteiger partial charge is 0.378 e. The van der Waals surface area contributed by atoms with Crippen molar-refractivity contribution in [3.8, 4) is 11.4 Å². The lowest BCUT2D eigenvalue weighted by molar-refractivity contribution is -0.139. The number of nitrogens with zero attached hydrogens (tertiary/aromatic N) is 4. The fourth-order valence-electron chi connectivity index (χ4n) is 4.10. The summed E-state index contributed by atoms with van der Waals surface area (Å²) < 4.78 is 109. The molecule has 0 saturated carbocycles. The number of nitrogens with one attached hydrogen (secondary N) is 2. The minimum absolute atomic E-state index is 0.0313. The van der Waals surface area contributed by atoms with E-state index in [9.17, 15) is 44.7 Å². The molecule has 0 aliphatic rings. The molecule has 0 aromatic carbocycles. The highest BCUT2D eigenvalue weighted by atomic mass is 19.4. The van der Waals surface area contributed by atoms with Gasteiger partial charge in [-0.2, -0.15) is 40.2 Å². The maximum absolute atomic E-state index is 13.4. The third-order valence-corrected chi connectivity index (χ3v) is 6.06. The topological polar surface area (TPSA) is 115 Å². The first kappa shape index (κ1) is 30.5. The van der Waals surface area contributed by atoms with Gasteiger partial charge >= 0.3 is 19.0 Å². The number of H-pyrrole nitrogens is 1. The third kappa shape index (κ3) is 7.26. The SMILES string of the molecule is O=c1[nH]ncc(NC(CCCn2ccc3nc(-c4ccc(C(F)(F)F)cn4)ccc3c2=O)COC(F)F)c1C(F)(F)F. The van der Waals surface area contributed by atoms with E-state index in [0.29, 0.717) is 12.4 Å². The van der Waals surface area contributed by atoms with Crippen LogP contribution in [0.15, 0.2) is 58.5 Å². The van der Waals surface area contributed by atoms with Gasteiger partial charge in [0.2, 0.25) is 0 Å². The van der Waals surface area contributed by atoms with E-state index in [0.717, 1.165) is 12.1 Å². The Balaban J connectivity index is 1.49. The number of fused-ring (bicyclic) bond motifs is 1. The Morgan fingerprint density at radius 3 is 2.33 bits per heavy atom. The summed E-state index contributed by atoms with van der Waals surface area (Å²) in [6, 6.07) is 5.23. The standard InChI is InChI=1S/C25H20F8N6O3/c26-23(27)42-12-14(36-19-11-35-38-21(40)20(19)25(31,32)33)2-1-8-39-9-7-16-15(22(39)41)4-6-18(37-16)17-5-3-13(10-34-17)24(28,29)30/h3-7,9-11,14,23H,1-2,8,12H2,(H2,36,38,40). The Bertz CT molecular complexity index is 1650. The van der Waals surface area contributed by atoms with Gasteiger partial charge in [-0.25, -0.2) is 10.1 Å². The van der Waals surface area contributed by atoms with Crippen LogP contribution in [0.1, 0.15) is 24.0 Å². The first-order valence-electron chi connectivity index (χ1n) is 12.1. The second kappa shape index (κ2) is 12.2. The molecular formula is C25H20F8N6O3. The first-order chi connectivity index (χ1) is 19.7. The molecule has 9 nitrogen and oxygen atoms in total. The molecule has 4 rings (SSSR count). The molecule has 4 aromatic rings. The molecule has 17 heteroatoms. The molecule has 0 spiro atoms. The molecule has 42 heavy (non-hydrogen) atoms. The van der Waals surface area contributed by atoms with Gasteiger partial charge in [-0.15, -0.1) is 0 Å². The monoisotopic (exact) mass is 604 g/mol. The van der Waals surface area contributed by atoms with Crippen LogP contribution in [0.4, 0.5) is 40.8 Å². The molecule has 0 fully saturated rings. The van der Waals surface area contributed by atoms with E-state index in [1.54, 1.807) is 5.10 Å². The average Bonchev–Trinajstić information content (AvgIpc) is 2.91. The maximum atomic E-state index is 13.4. The molecule has 1 unspecified atom stereocenters. The van der Waals surface area contributed by atoms with Crippen molar-refractivity contribution in [2.45, 2.75) is 44.4 Å². The van der Waals surface area contributed by atoms with Crippen LogP contribution in [0.25, 0.3) is 22.3 Å². The van der Waals surface area contributed by atoms with E-state index < -0.39 is 59.5 Å². The number of hydrogen-bond acceptors (Lipinski definition) is 7. The number of ether oxygens (including phenoxy) is 1. The van der Waals surface area contributed by atoms with Crippen molar-refractivity contribution in [3.05, 3.63) is 80.8 Å². The lowest BCUT2D eigenvalue weighted by Crippen LogP contribution is -2.32. The minimum atomic E-state index is -5.05. The Labute approximate surface area is 230 Å². The number of alkyl halides is 8. The third-order valence-electron chi connectivity index (χ3n) is 6.06. The molecule has 0 saturated heterocycles. The van der Waals surface area contributed by atoms with Crippen molar-refractivity contribution in [2.24, 2.45) is 0 Å². The fraction of sp³-hybridized carbons (Fsp3) is 0.320. The Morgan fingerprint density at radius 1 is 0.952 bits per heavy atom. The molecule has 0 amide bonds. The summed E-state index contributed by atoms with van der Waals surface area (Å²) in [5, 5.41) is 7.56. The molecule has 0 radical (unpaired) electrons. The number of halogens is 8. The lowest BCUT2D eigenvalue weighted by atomic mass is 10.1. The molecule has 0 bridgehead atoms. The first-order valence-corrected chi connectivity index (χ1v) is 12.1. The quantitative estimate of drug-likeness (QED) is 0.243. The van der Waals surface area contributed by atoms with Crippen molar-refractivity contribution in [1.29, 1.82) is 0 Å². The van der Waals surface area contributed by atoms with Crippen LogP contribution in [0.2, 0.25) is 0 Å². The van der Waals surface area contributed by atoms with Gasteiger partial charge in [-0.05, 0) is 43.2 Å². The molecule has 0 aliphatic heterocycles. The van der Waals surface area contributed by atoms with Crippen LogP contribution in [0.3, 0.4) is 0 Å². The second-order valence-electron chi connectivity index (χ2n) is 8.94. The van der Waals surface area contributed by atoms with Crippen LogP contribution >= 0.6 is 0 Å². The number of pyridine rings is 3. The van der Waals surface area contributed by atoms with Crippen LogP contribution < -0.4 is 16.4 Å². The summed E-state index contributed by atoms with van der Waals surface area (Å²) in [4.78, 5) is 32.8. The van der Waals surface area contributed by atoms with Gasteiger partial charge in [0.25, 0.3) is 11.1 Å². The molecule has 4 aromatic heterocycles. The van der Waals surface area contributed by atoms with Gasteiger partial charge in [0.1, 0.15) is 5.56 Å². The van der Waals surface area contributed by atoms with E-state index in [1.807, 2.05) is 0 Å². The number of aromatic amines is 1. The summed E-state index contributed by atoms with van der Waals surface area (Å²) >= 11 is 0. The van der Waals surface area contributed by atoms with Crippen LogP contribution in [-0.2, 0) is 23.6 Å². The van der Waals surface area contributed by atoms with Crippen molar-refractivity contribution in [2.75, 3.05) is 11.9 Å². The van der Waals surface area contributed by atoms with Crippen LogP contribution in [-0.4, -0.2) is 44.0 Å². The van der Waals surface area contributed by atoms with E-state index in [4.69, 9.17) is 0 Å². The number of hydrogen-bond donors (Lipinski definition) is 2. The second-order valence-corrected chi connectivity index (χ2v) is 8.94. The van der Waals surface area contributed by atoms with Crippen LogP contribution in [0.5, 0.6) is 0 Å². The van der Waals surface area contributed by atoms with Gasteiger partial charge < -0.3 is 14.6 Å². The van der Waals surface area contributed by atoms with Gasteiger partial charge in [0.05, 0.1) is 46.3 Å². The van der Waals surface area contributed by atoms with E-state index in [-0.39, 0.29) is 41.7 Å². The molecule has 4 heterocycles. The van der Waals surface area contributed by atoms with Crippen molar-refractivity contribution in [1.82, 2.24) is 24.7 Å². The Hall–Kier alpha value is -4.41. The summed E-state index contributed by atoms with van der Waals surface area (Å²) in [5.74, 6) is 0. The van der Waals surface area contributed by atoms with Gasteiger partial charge in [-0.1, -0.05) is 0 Å². The Kier molecular flexibility index (Phi) is 8.89. The van der Waals surface area contributed by atoms with E-state index in [2.05, 4.69) is 25.1 Å². The highest BCUT2D eigenvalue weighted by Crippen LogP contribution is 2.32. The number of aryl methyl sites for hydroxylation is 1. The van der Waals surface area contributed by atoms with E-state index in [1.165, 1.54) is 29.0 Å². The predicted molar refractivity (Wildman–Crippen MR) is 133 cm³/mol. The van der Waals surface area contributed by atoms with Gasteiger partial charge in [0, 0.05) is 25.0 Å². The lowest BCUT2D eigenvalue weighted by Gasteiger charge is -2.22. The van der Waals surface area contributed by atoms with Crippen molar-refractivity contribution in [3.63, 3.8) is 0 Å². The van der Waals surface area contributed by atoms with Crippen molar-refractivity contribution < 1.29 is 39.9 Å². The fourth-order valence-corrected chi connectivity index (χ4v) is 4.10. The molecule has 224 valence electrons. The van der Waals surface area contributed by atoms with Crippen LogP contribution in [0, 0.1) is 0 Å². The van der Waals surface area contributed by atoms with Gasteiger partial charge in [-0.3, -0.25) is 14.6 Å². The summed E-state index contributed by atoms with van der Waals surface area (Å²) in [6.07, 6.45) is -6.76. The Morgan fingerprint density at radius 2 is 1.69 bits per heavy atom. The molecular weight excluding hydrogens is 584 g/mol. The largest absolute Gasteiger partial charge is 0.423 e. The highest BCUT2D eigenvalue weighted by Gasteiger charge is 2.38. The average molecular weight is 604 g/mol. The predicted octanol–water partition coefficient (Wildman–Crippen LogP) is 5.08. The normalized spacial score (nSPS) is 13.1. The zero-order valence-corrected chi connectivity index (χ0v) is 21.1. The number of rotatable bonds is 10. The maximum Gasteiger partial charge on any atom is 0.423 e. The number of anilines is 1. The molecule has 0 aliphatic carbocycles. The summed E-state index contributed by atoms with van der Waals surface area (Å²) in [7, 11) is 0. The highest BCUT2D eigenvalue weighted by molar-refractivity contribution is 5.80. The van der Waals surface area contributed by atoms with E-state index >= 15 is 0 Å². The van der Waals surface area contributed by atoms with Crippen molar-refractivity contribution >= 4 is 16.6 Å². The summed E-state index contributed by atoms with van der Waals surface area (Å²) in [5.41, 5.74) is -4.61. The summed E-state index contributed by atoms with van der Waals surface area (Å²) in [6.45, 7) is -3.88.